The molecule has 0 aliphatic carbocycles. The van der Waals surface area contributed by atoms with Crippen molar-refractivity contribution in [3.8, 4) is 10.8 Å². The zero-order chi connectivity index (χ0) is 14.4. The Bertz CT molecular complexity index is 536. The van der Waals surface area contributed by atoms with Gasteiger partial charge in [0.2, 0.25) is 0 Å². The van der Waals surface area contributed by atoms with Crippen LogP contribution in [-0.4, -0.2) is 36.1 Å². The molecule has 20 heavy (non-hydrogen) atoms. The van der Waals surface area contributed by atoms with E-state index < -0.39 is 0 Å². The Hall–Kier alpha value is -1.66. The number of rotatable bonds is 7. The minimum absolute atomic E-state index is 0.158. The van der Waals surface area contributed by atoms with Crippen LogP contribution < -0.4 is 0 Å². The first-order chi connectivity index (χ1) is 9.69. The number of thiazole rings is 1. The zero-order valence-corrected chi connectivity index (χ0v) is 12.5. The number of furan rings is 1. The highest BCUT2D eigenvalue weighted by atomic mass is 32.1. The largest absolute Gasteiger partial charge is 0.466 e. The van der Waals surface area contributed by atoms with E-state index in [1.54, 1.807) is 17.6 Å². The average Bonchev–Trinajstić information content (AvgIpc) is 3.07. The van der Waals surface area contributed by atoms with Crippen molar-refractivity contribution in [1.82, 2.24) is 9.88 Å². The predicted molar refractivity (Wildman–Crippen MR) is 77.4 cm³/mol. The van der Waals surface area contributed by atoms with Gasteiger partial charge >= 0.3 is 5.97 Å². The Kier molecular flexibility index (Phi) is 5.31. The lowest BCUT2D eigenvalue weighted by molar-refractivity contribution is -0.143. The van der Waals surface area contributed by atoms with E-state index in [4.69, 9.17) is 9.15 Å². The Morgan fingerprint density at radius 1 is 1.55 bits per heavy atom. The summed E-state index contributed by atoms with van der Waals surface area (Å²) in [6, 6.07) is 3.74. The maximum Gasteiger partial charge on any atom is 0.307 e. The van der Waals surface area contributed by atoms with Crippen LogP contribution in [0.2, 0.25) is 0 Å². The molecule has 2 heterocycles. The Morgan fingerprint density at radius 3 is 3.10 bits per heavy atom. The molecule has 0 unspecified atom stereocenters. The molecule has 0 aliphatic heterocycles. The number of nitrogens with zero attached hydrogens (tertiary/aromatic N) is 2. The molecule has 108 valence electrons. The summed E-state index contributed by atoms with van der Waals surface area (Å²) in [7, 11) is 1.96. The molecule has 2 aromatic heterocycles. The molecule has 2 aromatic rings. The highest BCUT2D eigenvalue weighted by molar-refractivity contribution is 7.13. The topological polar surface area (TPSA) is 55.6 Å². The van der Waals surface area contributed by atoms with E-state index in [-0.39, 0.29) is 5.97 Å². The van der Waals surface area contributed by atoms with Gasteiger partial charge < -0.3 is 9.15 Å². The van der Waals surface area contributed by atoms with Gasteiger partial charge in [0.15, 0.2) is 10.8 Å². The average molecular weight is 294 g/mol. The van der Waals surface area contributed by atoms with E-state index in [1.807, 2.05) is 31.5 Å². The Balaban J connectivity index is 1.83. The van der Waals surface area contributed by atoms with E-state index in [0.717, 1.165) is 16.5 Å². The summed E-state index contributed by atoms with van der Waals surface area (Å²) < 4.78 is 10.2. The maximum absolute atomic E-state index is 11.3. The standard InChI is InChI=1S/C14H18N2O3S/c1-3-18-13(17)6-7-16(2)9-11-10-20-14(15-11)12-5-4-8-19-12/h4-5,8,10H,3,6-7,9H2,1-2H3. The summed E-state index contributed by atoms with van der Waals surface area (Å²) in [6.07, 6.45) is 2.04. The molecule has 5 nitrogen and oxygen atoms in total. The summed E-state index contributed by atoms with van der Waals surface area (Å²) in [4.78, 5) is 17.9. The fourth-order valence-electron chi connectivity index (χ4n) is 1.76. The smallest absolute Gasteiger partial charge is 0.307 e. The number of aromatic nitrogens is 1. The van der Waals surface area contributed by atoms with Crippen molar-refractivity contribution in [3.05, 3.63) is 29.5 Å². The predicted octanol–water partition coefficient (Wildman–Crippen LogP) is 2.79. The second kappa shape index (κ2) is 7.21. The lowest BCUT2D eigenvalue weighted by atomic mass is 10.3. The first-order valence-corrected chi connectivity index (χ1v) is 7.39. The highest BCUT2D eigenvalue weighted by Gasteiger charge is 2.10. The van der Waals surface area contributed by atoms with Crippen LogP contribution in [0.15, 0.2) is 28.2 Å². The van der Waals surface area contributed by atoms with Gasteiger partial charge in [-0.2, -0.15) is 0 Å². The van der Waals surface area contributed by atoms with Gasteiger partial charge in [-0.3, -0.25) is 9.69 Å². The zero-order valence-electron chi connectivity index (χ0n) is 11.7. The molecule has 0 atom stereocenters. The van der Waals surface area contributed by atoms with Gasteiger partial charge in [-0.05, 0) is 26.1 Å². The van der Waals surface area contributed by atoms with Crippen molar-refractivity contribution in [3.63, 3.8) is 0 Å². The van der Waals surface area contributed by atoms with E-state index in [1.165, 1.54) is 0 Å². The Morgan fingerprint density at radius 2 is 2.40 bits per heavy atom. The molecular formula is C14H18N2O3S. The fourth-order valence-corrected chi connectivity index (χ4v) is 2.54. The second-order valence-corrected chi connectivity index (χ2v) is 5.27. The van der Waals surface area contributed by atoms with Crippen LogP contribution in [0.5, 0.6) is 0 Å². The molecule has 0 radical (unpaired) electrons. The summed E-state index contributed by atoms with van der Waals surface area (Å²) in [6.45, 7) is 3.61. The minimum Gasteiger partial charge on any atom is -0.466 e. The minimum atomic E-state index is -0.158. The van der Waals surface area contributed by atoms with E-state index in [0.29, 0.717) is 26.1 Å². The summed E-state index contributed by atoms with van der Waals surface area (Å²) in [5.41, 5.74) is 0.979. The molecule has 0 saturated carbocycles. The van der Waals surface area contributed by atoms with Gasteiger partial charge in [-0.1, -0.05) is 0 Å². The third-order valence-electron chi connectivity index (χ3n) is 2.72. The van der Waals surface area contributed by atoms with Crippen molar-refractivity contribution < 1.29 is 13.9 Å². The third-order valence-corrected chi connectivity index (χ3v) is 3.62. The summed E-state index contributed by atoms with van der Waals surface area (Å²) >= 11 is 1.56. The van der Waals surface area contributed by atoms with Crippen LogP contribution >= 0.6 is 11.3 Å². The van der Waals surface area contributed by atoms with Gasteiger partial charge in [0.1, 0.15) is 0 Å². The van der Waals surface area contributed by atoms with Gasteiger partial charge in [0.25, 0.3) is 0 Å². The number of carbonyl (C=O) groups is 1. The van der Waals surface area contributed by atoms with Crippen molar-refractivity contribution in [2.45, 2.75) is 19.9 Å². The van der Waals surface area contributed by atoms with Crippen LogP contribution in [0.25, 0.3) is 10.8 Å². The number of hydrogen-bond donors (Lipinski definition) is 0. The molecule has 2 rings (SSSR count). The lowest BCUT2D eigenvalue weighted by Crippen LogP contribution is -2.22. The SMILES string of the molecule is CCOC(=O)CCN(C)Cc1csc(-c2ccco2)n1. The number of carbonyl (C=O) groups excluding carboxylic acids is 1. The van der Waals surface area contributed by atoms with Crippen molar-refractivity contribution in [2.24, 2.45) is 0 Å². The molecule has 6 heteroatoms. The fraction of sp³-hybridized carbons (Fsp3) is 0.429. The number of hydrogen-bond acceptors (Lipinski definition) is 6. The molecular weight excluding hydrogens is 276 g/mol. The highest BCUT2D eigenvalue weighted by Crippen LogP contribution is 2.24. The summed E-state index contributed by atoms with van der Waals surface area (Å²) in [5.74, 6) is 0.629. The molecule has 0 amide bonds. The van der Waals surface area contributed by atoms with Gasteiger partial charge in [-0.25, -0.2) is 4.98 Å². The van der Waals surface area contributed by atoms with Gasteiger partial charge in [-0.15, -0.1) is 11.3 Å². The van der Waals surface area contributed by atoms with Gasteiger partial charge in [0.05, 0.1) is 25.0 Å². The molecule has 0 aromatic carbocycles. The molecule has 0 N–H and O–H groups in total. The molecule has 0 spiro atoms. The third kappa shape index (κ3) is 4.18. The van der Waals surface area contributed by atoms with Crippen molar-refractivity contribution in [2.75, 3.05) is 20.2 Å². The molecule has 0 aliphatic rings. The van der Waals surface area contributed by atoms with Crippen LogP contribution in [0.1, 0.15) is 19.0 Å². The maximum atomic E-state index is 11.3. The second-order valence-electron chi connectivity index (χ2n) is 4.41. The normalized spacial score (nSPS) is 10.9. The summed E-state index contributed by atoms with van der Waals surface area (Å²) in [5, 5.41) is 2.89. The van der Waals surface area contributed by atoms with Crippen LogP contribution in [0, 0.1) is 0 Å². The van der Waals surface area contributed by atoms with Gasteiger partial charge in [0, 0.05) is 18.5 Å². The first-order valence-electron chi connectivity index (χ1n) is 6.51. The van der Waals surface area contributed by atoms with Crippen LogP contribution in [-0.2, 0) is 16.1 Å². The quantitative estimate of drug-likeness (QED) is 0.735. The number of ether oxygens (including phenoxy) is 1. The first kappa shape index (κ1) is 14.7. The van der Waals surface area contributed by atoms with Crippen molar-refractivity contribution in [1.29, 1.82) is 0 Å². The Labute approximate surface area is 122 Å². The molecule has 0 bridgehead atoms. The molecule has 0 saturated heterocycles. The van der Waals surface area contributed by atoms with E-state index in [2.05, 4.69) is 9.88 Å². The molecule has 0 fully saturated rings. The number of esters is 1. The lowest BCUT2D eigenvalue weighted by Gasteiger charge is -2.14. The van der Waals surface area contributed by atoms with E-state index in [9.17, 15) is 4.79 Å². The van der Waals surface area contributed by atoms with E-state index >= 15 is 0 Å². The van der Waals surface area contributed by atoms with Crippen LogP contribution in [0.3, 0.4) is 0 Å². The van der Waals surface area contributed by atoms with Crippen molar-refractivity contribution >= 4 is 17.3 Å². The monoisotopic (exact) mass is 294 g/mol. The van der Waals surface area contributed by atoms with Crippen LogP contribution in [0.4, 0.5) is 0 Å².